The summed E-state index contributed by atoms with van der Waals surface area (Å²) < 4.78 is 6.11. The minimum absolute atomic E-state index is 0.187. The fourth-order valence-corrected chi connectivity index (χ4v) is 3.51. The van der Waals surface area contributed by atoms with Crippen LogP contribution in [-0.2, 0) is 24.2 Å². The quantitative estimate of drug-likeness (QED) is 0.762. The number of nitrogens with two attached hydrogens (primary N) is 1. The molecule has 0 spiro atoms. The van der Waals surface area contributed by atoms with Crippen LogP contribution in [-0.4, -0.2) is 11.1 Å². The Kier molecular flexibility index (Phi) is 4.13. The summed E-state index contributed by atoms with van der Waals surface area (Å²) in [5.74, 6) is 0. The van der Waals surface area contributed by atoms with Crippen LogP contribution in [0, 0.1) is 0 Å². The zero-order chi connectivity index (χ0) is 16.5. The van der Waals surface area contributed by atoms with Crippen molar-refractivity contribution in [3.05, 3.63) is 70.4 Å². The second-order valence-electron chi connectivity index (χ2n) is 6.27. The van der Waals surface area contributed by atoms with E-state index in [2.05, 4.69) is 12.1 Å². The van der Waals surface area contributed by atoms with Gasteiger partial charge in [0.05, 0.1) is 18.2 Å². The third-order valence-electron chi connectivity index (χ3n) is 4.64. The number of nitrogens with zero attached hydrogens (tertiary/aromatic N) is 1. The highest BCUT2D eigenvalue weighted by Crippen LogP contribution is 2.33. The number of aromatic nitrogens is 1. The first-order valence-electron chi connectivity index (χ1n) is 8.23. The van der Waals surface area contributed by atoms with Crippen LogP contribution in [0.15, 0.2) is 48.5 Å². The number of hydrogen-bond donors (Lipinski definition) is 1. The molecule has 2 N–H and O–H groups in total. The van der Waals surface area contributed by atoms with Crippen molar-refractivity contribution in [1.29, 1.82) is 0 Å². The van der Waals surface area contributed by atoms with Crippen LogP contribution in [0.2, 0.25) is 5.02 Å². The third-order valence-corrected chi connectivity index (χ3v) is 4.88. The van der Waals surface area contributed by atoms with Crippen molar-refractivity contribution in [1.82, 2.24) is 4.98 Å². The first kappa shape index (κ1) is 15.4. The van der Waals surface area contributed by atoms with Crippen molar-refractivity contribution in [2.75, 3.05) is 5.73 Å². The van der Waals surface area contributed by atoms with Crippen molar-refractivity contribution in [3.63, 3.8) is 0 Å². The van der Waals surface area contributed by atoms with E-state index in [1.54, 1.807) is 0 Å². The van der Waals surface area contributed by atoms with Gasteiger partial charge in [0.2, 0.25) is 0 Å². The monoisotopic (exact) mass is 338 g/mol. The largest absolute Gasteiger partial charge is 0.398 e. The molecule has 1 aliphatic rings. The summed E-state index contributed by atoms with van der Waals surface area (Å²) in [5.41, 5.74) is 11.5. The van der Waals surface area contributed by atoms with Gasteiger partial charge in [-0.2, -0.15) is 0 Å². The van der Waals surface area contributed by atoms with Crippen LogP contribution >= 0.6 is 11.6 Å². The van der Waals surface area contributed by atoms with Gasteiger partial charge in [-0.3, -0.25) is 4.98 Å². The number of rotatable bonds is 3. The molecule has 1 aromatic heterocycles. The first-order valence-corrected chi connectivity index (χ1v) is 8.60. The summed E-state index contributed by atoms with van der Waals surface area (Å²) in [5, 5.41) is 1.66. The lowest BCUT2D eigenvalue weighted by Crippen LogP contribution is -2.24. The lowest BCUT2D eigenvalue weighted by Gasteiger charge is -2.26. The number of hydrogen-bond acceptors (Lipinski definition) is 3. The van der Waals surface area contributed by atoms with Gasteiger partial charge < -0.3 is 10.5 Å². The number of anilines is 1. The molecule has 4 rings (SSSR count). The maximum absolute atomic E-state index is 6.42. The van der Waals surface area contributed by atoms with Crippen molar-refractivity contribution in [2.45, 2.75) is 32.0 Å². The van der Waals surface area contributed by atoms with Crippen LogP contribution in [0.3, 0.4) is 0 Å². The molecule has 3 nitrogen and oxygen atoms in total. The van der Waals surface area contributed by atoms with E-state index in [9.17, 15) is 0 Å². The molecule has 2 aromatic carbocycles. The fraction of sp³-hybridized carbons (Fsp3) is 0.250. The van der Waals surface area contributed by atoms with Gasteiger partial charge in [0.15, 0.2) is 0 Å². The van der Waals surface area contributed by atoms with Crippen LogP contribution in [0.5, 0.6) is 0 Å². The van der Waals surface area contributed by atoms with E-state index in [0.29, 0.717) is 11.6 Å². The number of aryl methyl sites for hydroxylation is 1. The normalized spacial score (nSPS) is 17.0. The fourth-order valence-electron chi connectivity index (χ4n) is 3.35. The molecule has 0 radical (unpaired) electrons. The highest BCUT2D eigenvalue weighted by molar-refractivity contribution is 6.31. The molecule has 0 bridgehead atoms. The van der Waals surface area contributed by atoms with Gasteiger partial charge in [0, 0.05) is 28.2 Å². The molecule has 0 fully saturated rings. The van der Waals surface area contributed by atoms with E-state index in [1.165, 1.54) is 5.56 Å². The number of benzene rings is 2. The van der Waals surface area contributed by atoms with Gasteiger partial charge in [0.25, 0.3) is 0 Å². The minimum atomic E-state index is 0.187. The molecule has 0 saturated carbocycles. The number of nitrogen functional groups attached to an aromatic ring is 1. The van der Waals surface area contributed by atoms with Crippen LogP contribution in [0.1, 0.15) is 23.2 Å². The number of pyridine rings is 1. The molecule has 1 heterocycles. The molecule has 0 amide bonds. The Morgan fingerprint density at radius 2 is 2.00 bits per heavy atom. The molecular weight excluding hydrogens is 320 g/mol. The average Bonchev–Trinajstić information content (AvgIpc) is 2.61. The lowest BCUT2D eigenvalue weighted by atomic mass is 9.91. The molecular formula is C20H19ClN2O. The van der Waals surface area contributed by atoms with Crippen molar-refractivity contribution in [2.24, 2.45) is 0 Å². The van der Waals surface area contributed by atoms with Crippen LogP contribution < -0.4 is 5.73 Å². The summed E-state index contributed by atoms with van der Waals surface area (Å²) in [6.45, 7) is 0.636. The predicted octanol–water partition coefficient (Wildman–Crippen LogP) is 4.54. The minimum Gasteiger partial charge on any atom is -0.398 e. The van der Waals surface area contributed by atoms with Gasteiger partial charge >= 0.3 is 0 Å². The molecule has 4 heteroatoms. The maximum Gasteiger partial charge on any atom is 0.0741 e. The number of ether oxygens (including phenoxy) is 1. The molecule has 24 heavy (non-hydrogen) atoms. The zero-order valence-electron chi connectivity index (χ0n) is 13.3. The molecule has 3 aromatic rings. The summed E-state index contributed by atoms with van der Waals surface area (Å²) in [4.78, 5) is 4.77. The molecule has 122 valence electrons. The number of fused-ring (bicyclic) bond motifs is 2. The predicted molar refractivity (Wildman–Crippen MR) is 98.2 cm³/mol. The average molecular weight is 339 g/mol. The van der Waals surface area contributed by atoms with Gasteiger partial charge in [0.1, 0.15) is 0 Å². The molecule has 1 aliphatic carbocycles. The standard InChI is InChI=1S/C20H19ClN2O/c21-14-6-8-16-19(10-14)23-18-9-7-15(11-17(18)20(16)22)24-12-13-4-2-1-3-5-13/h1-6,8,10,15H,7,9,11-12H2,(H2,22,23). The third kappa shape index (κ3) is 2.97. The smallest absolute Gasteiger partial charge is 0.0741 e. The highest BCUT2D eigenvalue weighted by Gasteiger charge is 2.23. The van der Waals surface area contributed by atoms with E-state index in [0.717, 1.165) is 47.1 Å². The lowest BCUT2D eigenvalue weighted by molar-refractivity contribution is 0.0317. The van der Waals surface area contributed by atoms with Gasteiger partial charge in [-0.1, -0.05) is 41.9 Å². The Labute approximate surface area is 146 Å². The SMILES string of the molecule is Nc1c2c(nc3cc(Cl)ccc13)CCC(OCc1ccccc1)C2. The van der Waals surface area contributed by atoms with Crippen molar-refractivity contribution < 1.29 is 4.74 Å². The van der Waals surface area contributed by atoms with Crippen molar-refractivity contribution in [3.8, 4) is 0 Å². The Hall–Kier alpha value is -2.10. The maximum atomic E-state index is 6.42. The summed E-state index contributed by atoms with van der Waals surface area (Å²) in [7, 11) is 0. The topological polar surface area (TPSA) is 48.1 Å². The Morgan fingerprint density at radius 1 is 1.17 bits per heavy atom. The first-order chi connectivity index (χ1) is 11.7. The molecule has 0 saturated heterocycles. The van der Waals surface area contributed by atoms with Crippen LogP contribution in [0.4, 0.5) is 5.69 Å². The second kappa shape index (κ2) is 6.42. The van der Waals surface area contributed by atoms with Gasteiger partial charge in [-0.15, -0.1) is 0 Å². The Bertz CT molecular complexity index is 880. The molecule has 1 atom stereocenters. The second-order valence-corrected chi connectivity index (χ2v) is 6.71. The van der Waals surface area contributed by atoms with Gasteiger partial charge in [-0.05, 0) is 42.2 Å². The summed E-state index contributed by atoms with van der Waals surface area (Å²) in [6, 6.07) is 16.0. The van der Waals surface area contributed by atoms with Crippen molar-refractivity contribution >= 4 is 28.2 Å². The number of halogens is 1. The molecule has 1 unspecified atom stereocenters. The van der Waals surface area contributed by atoms with E-state index >= 15 is 0 Å². The van der Waals surface area contributed by atoms with E-state index < -0.39 is 0 Å². The highest BCUT2D eigenvalue weighted by atomic mass is 35.5. The Balaban J connectivity index is 1.57. The summed E-state index contributed by atoms with van der Waals surface area (Å²) in [6.07, 6.45) is 2.87. The molecule has 0 aliphatic heterocycles. The summed E-state index contributed by atoms with van der Waals surface area (Å²) >= 11 is 6.08. The van der Waals surface area contributed by atoms with E-state index in [1.807, 2.05) is 36.4 Å². The Morgan fingerprint density at radius 3 is 2.83 bits per heavy atom. The van der Waals surface area contributed by atoms with Gasteiger partial charge in [-0.25, -0.2) is 0 Å². The van der Waals surface area contributed by atoms with Crippen LogP contribution in [0.25, 0.3) is 10.9 Å². The zero-order valence-corrected chi connectivity index (χ0v) is 14.1. The van der Waals surface area contributed by atoms with E-state index in [-0.39, 0.29) is 6.10 Å². The van der Waals surface area contributed by atoms with E-state index in [4.69, 9.17) is 27.1 Å².